The molecule has 0 aromatic heterocycles. The summed E-state index contributed by atoms with van der Waals surface area (Å²) < 4.78 is 17.1. The third kappa shape index (κ3) is 3.70. The van der Waals surface area contributed by atoms with Crippen LogP contribution in [0.3, 0.4) is 0 Å². The average Bonchev–Trinajstić information content (AvgIpc) is 3.15. The number of carbonyl (C=O) groups excluding carboxylic acids is 4. The van der Waals surface area contributed by atoms with Crippen LogP contribution in [0.25, 0.3) is 0 Å². The Morgan fingerprint density at radius 2 is 1.89 bits per heavy atom. The van der Waals surface area contributed by atoms with Crippen molar-refractivity contribution < 1.29 is 38.5 Å². The van der Waals surface area contributed by atoms with Gasteiger partial charge in [0.25, 0.3) is 0 Å². The number of ketones is 2. The summed E-state index contributed by atoms with van der Waals surface area (Å²) in [5.74, 6) is -3.03. The molecule has 0 spiro atoms. The van der Waals surface area contributed by atoms with Gasteiger partial charge in [0.1, 0.15) is 11.9 Å². The summed E-state index contributed by atoms with van der Waals surface area (Å²) in [4.78, 5) is 53.0. The Balaban J connectivity index is 1.73. The van der Waals surface area contributed by atoms with E-state index >= 15 is 0 Å². The zero-order chi connectivity index (χ0) is 26.7. The van der Waals surface area contributed by atoms with Crippen LogP contribution in [-0.4, -0.2) is 48.1 Å². The Kier molecular flexibility index (Phi) is 6.19. The van der Waals surface area contributed by atoms with Gasteiger partial charge in [0.05, 0.1) is 11.0 Å². The van der Waals surface area contributed by atoms with E-state index in [-0.39, 0.29) is 35.3 Å². The summed E-state index contributed by atoms with van der Waals surface area (Å²) in [6.45, 7) is 4.77. The second kappa shape index (κ2) is 8.99. The zero-order valence-electron chi connectivity index (χ0n) is 21.0. The van der Waals surface area contributed by atoms with E-state index in [0.29, 0.717) is 12.0 Å². The lowest BCUT2D eigenvalue weighted by molar-refractivity contribution is -0.196. The van der Waals surface area contributed by atoms with E-state index in [2.05, 4.69) is 0 Å². The molecule has 1 saturated carbocycles. The maximum absolute atomic E-state index is 13.9. The lowest BCUT2D eigenvalue weighted by atomic mass is 9.54. The number of aliphatic hydroxyl groups is 1. The van der Waals surface area contributed by atoms with Gasteiger partial charge in [0.15, 0.2) is 5.76 Å². The fourth-order valence-electron chi connectivity index (χ4n) is 6.51. The number of methoxy groups -OCH3 is 1. The Morgan fingerprint density at radius 1 is 1.19 bits per heavy atom. The molecule has 8 nitrogen and oxygen atoms in total. The van der Waals surface area contributed by atoms with Gasteiger partial charge < -0.3 is 19.3 Å². The van der Waals surface area contributed by atoms with Crippen molar-refractivity contribution in [3.8, 4) is 0 Å². The maximum atomic E-state index is 13.9. The first-order valence-corrected chi connectivity index (χ1v) is 13.0. The minimum Gasteiger partial charge on any atom is -0.504 e. The van der Waals surface area contributed by atoms with Crippen LogP contribution in [0.15, 0.2) is 68.7 Å². The number of hydrogen-bond donors (Lipinski definition) is 1. The van der Waals surface area contributed by atoms with Gasteiger partial charge in [0.2, 0.25) is 12.1 Å². The normalized spacial score (nSPS) is 34.2. The topological polar surface area (TPSA) is 116 Å². The summed E-state index contributed by atoms with van der Waals surface area (Å²) in [6.07, 6.45) is -1.23. The first kappa shape index (κ1) is 25.5. The Bertz CT molecular complexity index is 1310. The third-order valence-corrected chi connectivity index (χ3v) is 9.06. The highest BCUT2D eigenvalue weighted by molar-refractivity contribution is 8.02. The van der Waals surface area contributed by atoms with Crippen molar-refractivity contribution in [2.75, 3.05) is 7.11 Å². The summed E-state index contributed by atoms with van der Waals surface area (Å²) in [5.41, 5.74) is -1.48. The van der Waals surface area contributed by atoms with Crippen molar-refractivity contribution in [3.63, 3.8) is 0 Å². The molecule has 194 valence electrons. The molecule has 1 N–H and O–H groups in total. The molecule has 5 rings (SSSR count). The smallest absolute Gasteiger partial charge is 0.341 e. The lowest BCUT2D eigenvalue weighted by Gasteiger charge is -2.52. The number of ether oxygens (including phenoxy) is 3. The average molecular weight is 525 g/mol. The molecule has 1 heterocycles. The van der Waals surface area contributed by atoms with Crippen LogP contribution < -0.4 is 0 Å². The number of carbonyl (C=O) groups is 4. The fourth-order valence-corrected chi connectivity index (χ4v) is 7.29. The number of fused-ring (bicyclic) bond motifs is 4. The monoisotopic (exact) mass is 524 g/mol. The SMILES string of the molecule is CO[C@H]1OC(=O)/C(=C\Sc2ccccc2)C2=C(O)C(=O)C3=C([C@H](OC(C)=O)C[C@]4(C)C(=O)CC[C@@H]34)[C@]21C. The number of cyclic esters (lactones) is 1. The van der Waals surface area contributed by atoms with Gasteiger partial charge in [-0.05, 0) is 36.5 Å². The van der Waals surface area contributed by atoms with Crippen LogP contribution >= 0.6 is 11.8 Å². The highest BCUT2D eigenvalue weighted by Crippen LogP contribution is 2.62. The van der Waals surface area contributed by atoms with Crippen molar-refractivity contribution in [1.29, 1.82) is 0 Å². The van der Waals surface area contributed by atoms with Crippen molar-refractivity contribution in [2.24, 2.45) is 16.7 Å². The van der Waals surface area contributed by atoms with E-state index < -0.39 is 52.6 Å². The molecule has 9 heteroatoms. The number of allylic oxidation sites excluding steroid dienone is 1. The first-order chi connectivity index (χ1) is 17.5. The van der Waals surface area contributed by atoms with Crippen LogP contribution in [0.5, 0.6) is 0 Å². The molecule has 5 atom stereocenters. The largest absolute Gasteiger partial charge is 0.504 e. The van der Waals surface area contributed by atoms with Crippen LogP contribution in [0.1, 0.15) is 40.0 Å². The van der Waals surface area contributed by atoms with Crippen molar-refractivity contribution in [1.82, 2.24) is 0 Å². The molecule has 4 aliphatic rings. The second-order valence-corrected chi connectivity index (χ2v) is 11.2. The minimum absolute atomic E-state index is 0.00775. The standard InChI is InChI=1S/C28H28O8S/c1-14(29)35-18-12-27(2)17(10-11-19(27)30)20-22(18)28(3)21(24(32)23(20)31)16(25(33)36-26(28)34-4)13-37-15-8-6-5-7-9-15/h5-9,13,17-18,26,32H,10-12H2,1-4H3/b16-13-/t17-,18+,26-,27-,28-/m0/s1. The van der Waals surface area contributed by atoms with E-state index in [4.69, 9.17) is 14.2 Å². The highest BCUT2D eigenvalue weighted by Gasteiger charge is 2.64. The molecule has 0 bridgehead atoms. The third-order valence-electron chi connectivity index (χ3n) is 8.16. The Labute approximate surface area is 218 Å². The quantitative estimate of drug-likeness (QED) is 0.351. The second-order valence-electron chi connectivity index (χ2n) is 10.3. The van der Waals surface area contributed by atoms with Gasteiger partial charge in [-0.15, -0.1) is 0 Å². The molecule has 0 amide bonds. The van der Waals surface area contributed by atoms with Crippen LogP contribution in [0, 0.1) is 16.7 Å². The molecular formula is C28H28O8S. The van der Waals surface area contributed by atoms with Gasteiger partial charge in [-0.2, -0.15) is 0 Å². The van der Waals surface area contributed by atoms with E-state index in [1.54, 1.807) is 19.3 Å². The van der Waals surface area contributed by atoms with E-state index in [0.717, 1.165) is 4.90 Å². The molecule has 1 aliphatic heterocycles. The molecule has 3 aliphatic carbocycles. The van der Waals surface area contributed by atoms with Crippen LogP contribution in [-0.2, 0) is 33.4 Å². The van der Waals surface area contributed by atoms with Gasteiger partial charge in [-0.1, -0.05) is 36.9 Å². The molecule has 2 fully saturated rings. The number of rotatable bonds is 4. The molecule has 0 unspecified atom stereocenters. The Morgan fingerprint density at radius 3 is 2.54 bits per heavy atom. The molecule has 1 aromatic carbocycles. The molecule has 37 heavy (non-hydrogen) atoms. The predicted molar refractivity (Wildman–Crippen MR) is 133 cm³/mol. The molecule has 0 radical (unpaired) electrons. The highest BCUT2D eigenvalue weighted by atomic mass is 32.2. The zero-order valence-corrected chi connectivity index (χ0v) is 21.8. The molecule has 1 saturated heterocycles. The van der Waals surface area contributed by atoms with E-state index in [1.165, 1.54) is 25.8 Å². The maximum Gasteiger partial charge on any atom is 0.341 e. The molecule has 1 aromatic rings. The van der Waals surface area contributed by atoms with Crippen LogP contribution in [0.4, 0.5) is 0 Å². The summed E-state index contributed by atoms with van der Waals surface area (Å²) in [5, 5.41) is 13.0. The van der Waals surface area contributed by atoms with Crippen LogP contribution in [0.2, 0.25) is 0 Å². The van der Waals surface area contributed by atoms with Gasteiger partial charge in [-0.25, -0.2) is 4.79 Å². The number of benzene rings is 1. The minimum atomic E-state index is -1.34. The van der Waals surface area contributed by atoms with Crippen molar-refractivity contribution >= 4 is 35.3 Å². The summed E-state index contributed by atoms with van der Waals surface area (Å²) in [6, 6.07) is 9.31. The number of Topliss-reactive ketones (excluding diaryl/α,β-unsaturated/α-hetero) is 2. The van der Waals surface area contributed by atoms with E-state index in [9.17, 15) is 24.3 Å². The summed E-state index contributed by atoms with van der Waals surface area (Å²) in [7, 11) is 1.37. The number of hydrogen-bond acceptors (Lipinski definition) is 9. The van der Waals surface area contributed by atoms with E-state index in [1.807, 2.05) is 30.3 Å². The summed E-state index contributed by atoms with van der Waals surface area (Å²) >= 11 is 1.25. The first-order valence-electron chi connectivity index (χ1n) is 12.1. The number of thioether (sulfide) groups is 1. The van der Waals surface area contributed by atoms with Gasteiger partial charge in [0, 0.05) is 54.2 Å². The van der Waals surface area contributed by atoms with Crippen molar-refractivity contribution in [3.05, 3.63) is 63.8 Å². The van der Waals surface area contributed by atoms with Gasteiger partial charge >= 0.3 is 11.9 Å². The number of aliphatic hydroxyl groups excluding tert-OH is 1. The Hall–Kier alpha value is -3.17. The van der Waals surface area contributed by atoms with Gasteiger partial charge in [-0.3, -0.25) is 14.4 Å². The fraction of sp³-hybridized carbons (Fsp3) is 0.429. The molecular weight excluding hydrogens is 496 g/mol. The number of esters is 2. The predicted octanol–water partition coefficient (Wildman–Crippen LogP) is 4.21. The lowest BCUT2D eigenvalue weighted by Crippen LogP contribution is -2.56. The van der Waals surface area contributed by atoms with Crippen molar-refractivity contribution in [2.45, 2.75) is 57.3 Å².